The Morgan fingerprint density at radius 1 is 1.41 bits per heavy atom. The number of nitrogens with zero attached hydrogens (tertiary/aromatic N) is 1. The Kier molecular flexibility index (Phi) is 5.45. The molecule has 94 valence electrons. The summed E-state index contributed by atoms with van der Waals surface area (Å²) in [6, 6.07) is 7.28. The third kappa shape index (κ3) is 4.36. The van der Waals surface area contributed by atoms with E-state index < -0.39 is 0 Å². The number of nitrogens with two attached hydrogens (primary N) is 1. The Labute approximate surface area is 108 Å². The molecular weight excluding hydrogens is 236 g/mol. The van der Waals surface area contributed by atoms with Crippen molar-refractivity contribution in [2.45, 2.75) is 25.8 Å². The van der Waals surface area contributed by atoms with Gasteiger partial charge in [0.25, 0.3) is 0 Å². The Bertz CT molecular complexity index is 364. The normalized spacial score (nSPS) is 12.2. The zero-order valence-electron chi connectivity index (χ0n) is 10.3. The van der Waals surface area contributed by atoms with Gasteiger partial charge in [0.2, 0.25) is 5.91 Å². The number of benzene rings is 1. The molecule has 0 aliphatic rings. The van der Waals surface area contributed by atoms with E-state index in [1.54, 1.807) is 11.9 Å². The van der Waals surface area contributed by atoms with Crippen LogP contribution in [0.4, 0.5) is 0 Å². The van der Waals surface area contributed by atoms with Gasteiger partial charge in [-0.3, -0.25) is 4.79 Å². The van der Waals surface area contributed by atoms with Crippen molar-refractivity contribution in [3.05, 3.63) is 34.9 Å². The van der Waals surface area contributed by atoms with Crippen molar-refractivity contribution in [1.82, 2.24) is 4.90 Å². The molecule has 0 radical (unpaired) electrons. The van der Waals surface area contributed by atoms with Crippen LogP contribution in [-0.2, 0) is 11.2 Å². The number of amides is 1. The van der Waals surface area contributed by atoms with Gasteiger partial charge in [-0.15, -0.1) is 0 Å². The maximum absolute atomic E-state index is 11.7. The fourth-order valence-electron chi connectivity index (χ4n) is 1.52. The van der Waals surface area contributed by atoms with Crippen molar-refractivity contribution in [1.29, 1.82) is 0 Å². The molecule has 0 aromatic heterocycles. The number of likely N-dealkylation sites (N-methyl/N-ethyl adjacent to an activating group) is 1. The van der Waals surface area contributed by atoms with E-state index in [1.165, 1.54) is 5.56 Å². The highest BCUT2D eigenvalue weighted by Crippen LogP contribution is 2.10. The molecule has 0 bridgehead atoms. The average molecular weight is 255 g/mol. The van der Waals surface area contributed by atoms with Crippen molar-refractivity contribution < 1.29 is 4.79 Å². The van der Waals surface area contributed by atoms with Gasteiger partial charge < -0.3 is 10.6 Å². The molecule has 0 aliphatic carbocycles. The van der Waals surface area contributed by atoms with E-state index in [-0.39, 0.29) is 11.9 Å². The smallest absolute Gasteiger partial charge is 0.239 e. The standard InChI is InChI=1S/C13H19ClN2O/c1-3-12(15)13(17)16(2)9-8-10-4-6-11(14)7-5-10/h4-7,12H,3,8-9,15H2,1-2H3. The number of hydrogen-bond acceptors (Lipinski definition) is 2. The summed E-state index contributed by atoms with van der Waals surface area (Å²) in [5.41, 5.74) is 6.86. The minimum absolute atomic E-state index is 0.00136. The molecule has 2 N–H and O–H groups in total. The van der Waals surface area contributed by atoms with Gasteiger partial charge in [-0.1, -0.05) is 30.7 Å². The number of hydrogen-bond donors (Lipinski definition) is 1. The minimum Gasteiger partial charge on any atom is -0.344 e. The topological polar surface area (TPSA) is 46.3 Å². The number of halogens is 1. The van der Waals surface area contributed by atoms with E-state index in [0.29, 0.717) is 13.0 Å². The second-order valence-corrected chi connectivity index (χ2v) is 4.59. The molecule has 1 atom stereocenters. The summed E-state index contributed by atoms with van der Waals surface area (Å²) >= 11 is 5.80. The van der Waals surface area contributed by atoms with Crippen LogP contribution in [0.5, 0.6) is 0 Å². The fraction of sp³-hybridized carbons (Fsp3) is 0.462. The zero-order valence-corrected chi connectivity index (χ0v) is 11.1. The van der Waals surface area contributed by atoms with Crippen LogP contribution in [0.25, 0.3) is 0 Å². The van der Waals surface area contributed by atoms with Gasteiger partial charge in [0.1, 0.15) is 0 Å². The molecule has 3 nitrogen and oxygen atoms in total. The lowest BCUT2D eigenvalue weighted by Gasteiger charge is -2.20. The summed E-state index contributed by atoms with van der Waals surface area (Å²) in [4.78, 5) is 13.4. The van der Waals surface area contributed by atoms with Crippen LogP contribution in [0.3, 0.4) is 0 Å². The molecule has 1 amide bonds. The molecule has 0 heterocycles. The lowest BCUT2D eigenvalue weighted by molar-refractivity contribution is -0.131. The lowest BCUT2D eigenvalue weighted by Crippen LogP contribution is -2.42. The quantitative estimate of drug-likeness (QED) is 0.875. The summed E-state index contributed by atoms with van der Waals surface area (Å²) < 4.78 is 0. The van der Waals surface area contributed by atoms with Crippen molar-refractivity contribution in [2.24, 2.45) is 5.73 Å². The molecule has 4 heteroatoms. The Morgan fingerprint density at radius 2 is 2.00 bits per heavy atom. The van der Waals surface area contributed by atoms with E-state index in [2.05, 4.69) is 0 Å². The molecule has 0 fully saturated rings. The van der Waals surface area contributed by atoms with E-state index in [1.807, 2.05) is 31.2 Å². The van der Waals surface area contributed by atoms with Gasteiger partial charge in [-0.25, -0.2) is 0 Å². The van der Waals surface area contributed by atoms with Crippen molar-refractivity contribution >= 4 is 17.5 Å². The van der Waals surface area contributed by atoms with Gasteiger partial charge >= 0.3 is 0 Å². The van der Waals surface area contributed by atoms with Crippen LogP contribution >= 0.6 is 11.6 Å². The first kappa shape index (κ1) is 14.0. The minimum atomic E-state index is -0.384. The van der Waals surface area contributed by atoms with Gasteiger partial charge in [0.05, 0.1) is 6.04 Å². The van der Waals surface area contributed by atoms with Crippen molar-refractivity contribution in [3.63, 3.8) is 0 Å². The van der Waals surface area contributed by atoms with Gasteiger partial charge in [0, 0.05) is 18.6 Å². The molecule has 1 unspecified atom stereocenters. The van der Waals surface area contributed by atoms with Crippen LogP contribution in [0.1, 0.15) is 18.9 Å². The summed E-state index contributed by atoms with van der Waals surface area (Å²) in [7, 11) is 1.79. The maximum Gasteiger partial charge on any atom is 0.239 e. The molecular formula is C13H19ClN2O. The van der Waals surface area contributed by atoms with Crippen LogP contribution in [-0.4, -0.2) is 30.4 Å². The van der Waals surface area contributed by atoms with Crippen LogP contribution in [0.2, 0.25) is 5.02 Å². The molecule has 1 rings (SSSR count). The van der Waals surface area contributed by atoms with Gasteiger partial charge in [0.15, 0.2) is 0 Å². The van der Waals surface area contributed by atoms with Crippen LogP contribution in [0.15, 0.2) is 24.3 Å². The van der Waals surface area contributed by atoms with Crippen molar-refractivity contribution in [3.8, 4) is 0 Å². The summed E-state index contributed by atoms with van der Waals surface area (Å²) in [6.45, 7) is 2.59. The molecule has 0 aliphatic heterocycles. The highest BCUT2D eigenvalue weighted by molar-refractivity contribution is 6.30. The van der Waals surface area contributed by atoms with Crippen molar-refractivity contribution in [2.75, 3.05) is 13.6 Å². The zero-order chi connectivity index (χ0) is 12.8. The predicted octanol–water partition coefficient (Wildman–Crippen LogP) is 2.08. The van der Waals surface area contributed by atoms with E-state index in [9.17, 15) is 4.79 Å². The molecule has 0 spiro atoms. The predicted molar refractivity (Wildman–Crippen MR) is 71.1 cm³/mol. The van der Waals surface area contributed by atoms with E-state index in [4.69, 9.17) is 17.3 Å². The summed E-state index contributed by atoms with van der Waals surface area (Å²) in [6.07, 6.45) is 1.49. The van der Waals surface area contributed by atoms with Crippen LogP contribution < -0.4 is 5.73 Å². The second-order valence-electron chi connectivity index (χ2n) is 4.15. The SMILES string of the molecule is CCC(N)C(=O)N(C)CCc1ccc(Cl)cc1. The third-order valence-electron chi connectivity index (χ3n) is 2.78. The fourth-order valence-corrected chi connectivity index (χ4v) is 1.64. The average Bonchev–Trinajstić information content (AvgIpc) is 2.35. The largest absolute Gasteiger partial charge is 0.344 e. The van der Waals surface area contributed by atoms with E-state index >= 15 is 0 Å². The molecule has 0 saturated carbocycles. The highest BCUT2D eigenvalue weighted by Gasteiger charge is 2.15. The number of rotatable bonds is 5. The van der Waals surface area contributed by atoms with E-state index in [0.717, 1.165) is 11.4 Å². The first-order chi connectivity index (χ1) is 8.04. The molecule has 17 heavy (non-hydrogen) atoms. The van der Waals surface area contributed by atoms with Gasteiger partial charge in [-0.2, -0.15) is 0 Å². The van der Waals surface area contributed by atoms with Crippen LogP contribution in [0, 0.1) is 0 Å². The first-order valence-electron chi connectivity index (χ1n) is 5.79. The lowest BCUT2D eigenvalue weighted by atomic mass is 10.1. The second kappa shape index (κ2) is 6.62. The number of carbonyl (C=O) groups excluding carboxylic acids is 1. The van der Waals surface area contributed by atoms with Gasteiger partial charge in [-0.05, 0) is 30.5 Å². The third-order valence-corrected chi connectivity index (χ3v) is 3.03. The first-order valence-corrected chi connectivity index (χ1v) is 6.17. The Hall–Kier alpha value is -1.06. The molecule has 1 aromatic carbocycles. The summed E-state index contributed by atoms with van der Waals surface area (Å²) in [5.74, 6) is 0.00136. The maximum atomic E-state index is 11.7. The molecule has 1 aromatic rings. The monoisotopic (exact) mass is 254 g/mol. The number of carbonyl (C=O) groups is 1. The Balaban J connectivity index is 2.45. The Morgan fingerprint density at radius 3 is 2.53 bits per heavy atom. The highest BCUT2D eigenvalue weighted by atomic mass is 35.5. The summed E-state index contributed by atoms with van der Waals surface area (Å²) in [5, 5.41) is 0.728. The molecule has 0 saturated heterocycles.